The normalized spacial score (nSPS) is 12.6. The number of anilines is 2. The summed E-state index contributed by atoms with van der Waals surface area (Å²) < 4.78 is 0. The van der Waals surface area contributed by atoms with Crippen molar-refractivity contribution in [2.75, 3.05) is 18.0 Å². The highest BCUT2D eigenvalue weighted by Gasteiger charge is 2.26. The molecule has 3 aromatic rings. The number of rotatable bonds is 7. The van der Waals surface area contributed by atoms with Crippen molar-refractivity contribution in [3.05, 3.63) is 83.4 Å². The lowest BCUT2D eigenvalue weighted by Crippen LogP contribution is -2.29. The van der Waals surface area contributed by atoms with Crippen LogP contribution in [0.25, 0.3) is 0 Å². The highest BCUT2D eigenvalue weighted by molar-refractivity contribution is 7.99. The Morgan fingerprint density at radius 2 is 1.70 bits per heavy atom. The van der Waals surface area contributed by atoms with Crippen LogP contribution in [0, 0.1) is 0 Å². The van der Waals surface area contributed by atoms with Crippen molar-refractivity contribution >= 4 is 51.9 Å². The van der Waals surface area contributed by atoms with Crippen molar-refractivity contribution in [3.63, 3.8) is 0 Å². The van der Waals surface area contributed by atoms with Gasteiger partial charge >= 0.3 is 0 Å². The molecule has 0 atom stereocenters. The van der Waals surface area contributed by atoms with Crippen LogP contribution < -0.4 is 4.90 Å². The third-order valence-corrected chi connectivity index (χ3v) is 7.05. The maximum Gasteiger partial charge on any atom is 0.0870 e. The van der Waals surface area contributed by atoms with Gasteiger partial charge in [0.2, 0.25) is 0 Å². The minimum atomic E-state index is 0.738. The second-order valence-electron chi connectivity index (χ2n) is 7.37. The zero-order valence-corrected chi connectivity index (χ0v) is 19.4. The molecule has 4 rings (SSSR count). The fourth-order valence-corrected chi connectivity index (χ4v) is 5.30. The maximum atomic E-state index is 6.33. The Bertz CT molecular complexity index is 1020. The first kappa shape index (κ1) is 21.4. The van der Waals surface area contributed by atoms with Crippen LogP contribution in [-0.2, 0) is 6.54 Å². The topological polar surface area (TPSA) is 6.48 Å². The van der Waals surface area contributed by atoms with Crippen LogP contribution in [0.2, 0.25) is 5.02 Å². The van der Waals surface area contributed by atoms with Crippen molar-refractivity contribution in [2.45, 2.75) is 36.1 Å². The molecule has 0 radical (unpaired) electrons. The minimum absolute atomic E-state index is 0.738. The zero-order valence-electron chi connectivity index (χ0n) is 17.1. The smallest absolute Gasteiger partial charge is 0.0870 e. The molecule has 1 aliphatic heterocycles. The molecule has 0 spiro atoms. The average molecular weight is 453 g/mol. The first-order chi connectivity index (χ1) is 14.7. The van der Waals surface area contributed by atoms with Crippen molar-refractivity contribution < 1.29 is 0 Å². The summed E-state index contributed by atoms with van der Waals surface area (Å²) in [6.45, 7) is 5.25. The molecule has 3 aromatic carbocycles. The fraction of sp³-hybridized carbons (Fsp3) is 0.240. The van der Waals surface area contributed by atoms with Gasteiger partial charge in [-0.15, -0.1) is 0 Å². The summed E-state index contributed by atoms with van der Waals surface area (Å²) in [5, 5.41) is 0.738. The van der Waals surface area contributed by atoms with Gasteiger partial charge in [-0.2, -0.15) is 0 Å². The summed E-state index contributed by atoms with van der Waals surface area (Å²) in [5.41, 5.74) is 3.60. The monoisotopic (exact) mass is 452 g/mol. The van der Waals surface area contributed by atoms with E-state index in [1.54, 1.807) is 11.8 Å². The first-order valence-electron chi connectivity index (χ1n) is 10.3. The standard InChI is InChI=1S/C25H25ClN2S2/c1-2-27(18-19-9-4-3-5-10-19)16-8-13-25(29)28-21-11-6-7-12-23(21)30-24-15-14-20(26)17-22(24)28/h3-7,9-12,14-15,17H,2,8,13,16,18H2,1H3. The van der Waals surface area contributed by atoms with Crippen molar-refractivity contribution in [1.82, 2.24) is 4.90 Å². The SMILES string of the molecule is CCN(CCCC(=S)N1c2ccccc2Sc2ccc(Cl)cc21)Cc1ccccc1. The van der Waals surface area contributed by atoms with Crippen LogP contribution in [0.3, 0.4) is 0 Å². The number of hydrogen-bond acceptors (Lipinski definition) is 3. The second kappa shape index (κ2) is 9.97. The highest BCUT2D eigenvalue weighted by atomic mass is 35.5. The Hall–Kier alpha value is -1.85. The molecule has 0 bridgehead atoms. The Balaban J connectivity index is 1.46. The molecule has 0 N–H and O–H groups in total. The van der Waals surface area contributed by atoms with E-state index in [1.165, 1.54) is 15.4 Å². The Morgan fingerprint density at radius 1 is 0.967 bits per heavy atom. The van der Waals surface area contributed by atoms with Crippen molar-refractivity contribution in [3.8, 4) is 0 Å². The second-order valence-corrected chi connectivity index (χ2v) is 9.36. The number of halogens is 1. The van der Waals surface area contributed by atoms with Gasteiger partial charge in [0.05, 0.1) is 16.4 Å². The van der Waals surface area contributed by atoms with Crippen LogP contribution >= 0.6 is 35.6 Å². The van der Waals surface area contributed by atoms with Gasteiger partial charge in [-0.05, 0) is 61.8 Å². The molecule has 0 aliphatic carbocycles. The molecule has 2 nitrogen and oxygen atoms in total. The van der Waals surface area contributed by atoms with E-state index in [9.17, 15) is 0 Å². The molecular weight excluding hydrogens is 428 g/mol. The van der Waals surface area contributed by atoms with Gasteiger partial charge in [0.25, 0.3) is 0 Å². The molecule has 0 saturated heterocycles. The van der Waals surface area contributed by atoms with E-state index in [0.29, 0.717) is 0 Å². The van der Waals surface area contributed by atoms with Crippen molar-refractivity contribution in [2.24, 2.45) is 0 Å². The molecule has 154 valence electrons. The summed E-state index contributed by atoms with van der Waals surface area (Å²) in [6.07, 6.45) is 1.90. The predicted molar refractivity (Wildman–Crippen MR) is 133 cm³/mol. The van der Waals surface area contributed by atoms with Crippen LogP contribution in [-0.4, -0.2) is 23.0 Å². The number of fused-ring (bicyclic) bond motifs is 2. The summed E-state index contributed by atoms with van der Waals surface area (Å²) >= 11 is 14.1. The zero-order chi connectivity index (χ0) is 20.9. The molecule has 1 aliphatic rings. The summed E-state index contributed by atoms with van der Waals surface area (Å²) in [4.78, 5) is 8.06. The molecule has 0 amide bonds. The molecule has 0 unspecified atom stereocenters. The molecule has 5 heteroatoms. The van der Waals surface area contributed by atoms with Gasteiger partial charge in [-0.25, -0.2) is 0 Å². The van der Waals surface area contributed by atoms with Gasteiger partial charge in [0.1, 0.15) is 0 Å². The van der Waals surface area contributed by atoms with E-state index >= 15 is 0 Å². The third-order valence-electron chi connectivity index (χ3n) is 5.30. The number of nitrogens with zero attached hydrogens (tertiary/aromatic N) is 2. The molecular formula is C25H25ClN2S2. The average Bonchev–Trinajstić information content (AvgIpc) is 2.77. The lowest BCUT2D eigenvalue weighted by atomic mass is 10.1. The van der Waals surface area contributed by atoms with Crippen LogP contribution in [0.4, 0.5) is 11.4 Å². The van der Waals surface area contributed by atoms with Crippen molar-refractivity contribution in [1.29, 1.82) is 0 Å². The van der Waals surface area contributed by atoms with E-state index in [1.807, 2.05) is 12.1 Å². The Morgan fingerprint density at radius 3 is 2.50 bits per heavy atom. The Kier molecular flexibility index (Phi) is 7.11. The lowest BCUT2D eigenvalue weighted by molar-refractivity contribution is 0.278. The van der Waals surface area contributed by atoms with Crippen LogP contribution in [0.15, 0.2) is 82.6 Å². The first-order valence-corrected chi connectivity index (χ1v) is 11.9. The molecule has 1 heterocycles. The maximum absolute atomic E-state index is 6.33. The van der Waals surface area contributed by atoms with Crippen LogP contribution in [0.1, 0.15) is 25.3 Å². The number of para-hydroxylation sites is 1. The van der Waals surface area contributed by atoms with Gasteiger partial charge < -0.3 is 4.90 Å². The molecule has 0 saturated carbocycles. The van der Waals surface area contributed by atoms with E-state index in [0.717, 1.165) is 53.9 Å². The minimum Gasteiger partial charge on any atom is -0.302 e. The van der Waals surface area contributed by atoms with E-state index < -0.39 is 0 Å². The third kappa shape index (κ3) is 4.89. The predicted octanol–water partition coefficient (Wildman–Crippen LogP) is 7.57. The van der Waals surface area contributed by atoms with E-state index in [-0.39, 0.29) is 0 Å². The lowest BCUT2D eigenvalue weighted by Gasteiger charge is -2.33. The molecule has 30 heavy (non-hydrogen) atoms. The quantitative estimate of drug-likeness (QED) is 0.341. The fourth-order valence-electron chi connectivity index (χ4n) is 3.75. The summed E-state index contributed by atoms with van der Waals surface area (Å²) in [7, 11) is 0. The van der Waals surface area contributed by atoms with E-state index in [2.05, 4.69) is 77.4 Å². The molecule has 0 fully saturated rings. The van der Waals surface area contributed by atoms with E-state index in [4.69, 9.17) is 23.8 Å². The highest BCUT2D eigenvalue weighted by Crippen LogP contribution is 2.49. The Labute approximate surface area is 193 Å². The van der Waals surface area contributed by atoms with Gasteiger partial charge in [-0.1, -0.05) is 85.0 Å². The number of hydrogen-bond donors (Lipinski definition) is 0. The summed E-state index contributed by atoms with van der Waals surface area (Å²) in [5.74, 6) is 0. The van der Waals surface area contributed by atoms with Crippen LogP contribution in [0.5, 0.6) is 0 Å². The summed E-state index contributed by atoms with van der Waals surface area (Å²) in [6, 6.07) is 25.2. The van der Waals surface area contributed by atoms with Gasteiger partial charge in [-0.3, -0.25) is 4.90 Å². The van der Waals surface area contributed by atoms with Gasteiger partial charge in [0, 0.05) is 21.4 Å². The number of benzene rings is 3. The van der Waals surface area contributed by atoms with Gasteiger partial charge in [0.15, 0.2) is 0 Å². The largest absolute Gasteiger partial charge is 0.302 e. The number of thiocarbonyl (C=S) groups is 1. The molecule has 0 aromatic heterocycles.